The van der Waals surface area contributed by atoms with Crippen molar-refractivity contribution in [1.29, 1.82) is 0 Å². The zero-order valence-corrected chi connectivity index (χ0v) is 10.1. The molecule has 1 heterocycles. The van der Waals surface area contributed by atoms with Crippen molar-refractivity contribution in [3.05, 3.63) is 17.6 Å². The maximum Gasteiger partial charge on any atom is 0.144 e. The van der Waals surface area contributed by atoms with Gasteiger partial charge in [-0.15, -0.1) is 0 Å². The third-order valence-corrected chi connectivity index (χ3v) is 2.44. The molecule has 0 amide bonds. The molecule has 15 heavy (non-hydrogen) atoms. The highest BCUT2D eigenvalue weighted by atomic mass is 16.5. The molecule has 4 heteroatoms. The molecule has 0 bridgehead atoms. The predicted octanol–water partition coefficient (Wildman–Crippen LogP) is 1.93. The molecule has 0 aliphatic heterocycles. The van der Waals surface area contributed by atoms with Crippen LogP contribution in [-0.2, 0) is 4.74 Å². The number of nitrogens with zero attached hydrogens (tertiary/aromatic N) is 2. The first-order valence-corrected chi connectivity index (χ1v) is 5.04. The summed E-state index contributed by atoms with van der Waals surface area (Å²) in [5, 5.41) is 3.21. The van der Waals surface area contributed by atoms with Crippen LogP contribution in [0.5, 0.6) is 0 Å². The number of anilines is 1. The number of hydrogen-bond acceptors (Lipinski definition) is 4. The SMILES string of the molecule is COC(C)(C)CNc1cnc(C)c(C)n1. The minimum Gasteiger partial charge on any atom is -0.377 e. The molecule has 0 radical (unpaired) electrons. The first-order chi connectivity index (χ1) is 6.94. The molecule has 1 aromatic rings. The summed E-state index contributed by atoms with van der Waals surface area (Å²) in [7, 11) is 1.70. The first kappa shape index (κ1) is 11.9. The quantitative estimate of drug-likeness (QED) is 0.823. The monoisotopic (exact) mass is 209 g/mol. The van der Waals surface area contributed by atoms with Gasteiger partial charge in [0.25, 0.3) is 0 Å². The fraction of sp³-hybridized carbons (Fsp3) is 0.636. The molecule has 0 aromatic carbocycles. The molecule has 1 rings (SSSR count). The van der Waals surface area contributed by atoms with Crippen molar-refractivity contribution in [2.24, 2.45) is 0 Å². The number of aryl methyl sites for hydroxylation is 2. The van der Waals surface area contributed by atoms with Crippen molar-refractivity contribution in [3.8, 4) is 0 Å². The normalized spacial score (nSPS) is 11.5. The highest BCUT2D eigenvalue weighted by Crippen LogP contribution is 2.10. The fourth-order valence-corrected chi connectivity index (χ4v) is 1.00. The molecule has 0 unspecified atom stereocenters. The van der Waals surface area contributed by atoms with E-state index in [2.05, 4.69) is 15.3 Å². The summed E-state index contributed by atoms with van der Waals surface area (Å²) in [4.78, 5) is 8.62. The average Bonchev–Trinajstić information content (AvgIpc) is 2.20. The van der Waals surface area contributed by atoms with Crippen LogP contribution >= 0.6 is 0 Å². The molecule has 0 atom stereocenters. The van der Waals surface area contributed by atoms with E-state index in [1.165, 1.54) is 0 Å². The molecule has 4 nitrogen and oxygen atoms in total. The molecule has 0 aliphatic carbocycles. The lowest BCUT2D eigenvalue weighted by Gasteiger charge is -2.23. The second kappa shape index (κ2) is 4.57. The van der Waals surface area contributed by atoms with Crippen molar-refractivity contribution in [3.63, 3.8) is 0 Å². The fourth-order valence-electron chi connectivity index (χ4n) is 1.00. The van der Waals surface area contributed by atoms with Gasteiger partial charge >= 0.3 is 0 Å². The Morgan fingerprint density at radius 2 is 2.00 bits per heavy atom. The van der Waals surface area contributed by atoms with Gasteiger partial charge in [-0.1, -0.05) is 0 Å². The van der Waals surface area contributed by atoms with E-state index in [1.807, 2.05) is 27.7 Å². The summed E-state index contributed by atoms with van der Waals surface area (Å²) in [6.07, 6.45) is 1.74. The minimum atomic E-state index is -0.194. The molecule has 1 N–H and O–H groups in total. The van der Waals surface area contributed by atoms with Gasteiger partial charge in [-0.25, -0.2) is 4.98 Å². The maximum atomic E-state index is 5.30. The van der Waals surface area contributed by atoms with Crippen LogP contribution in [0, 0.1) is 13.8 Å². The lowest BCUT2D eigenvalue weighted by Crippen LogP contribution is -2.32. The number of aromatic nitrogens is 2. The van der Waals surface area contributed by atoms with Crippen LogP contribution in [0.3, 0.4) is 0 Å². The van der Waals surface area contributed by atoms with Crippen molar-refractivity contribution in [2.45, 2.75) is 33.3 Å². The Morgan fingerprint density at radius 3 is 2.53 bits per heavy atom. The Bertz CT molecular complexity index is 337. The number of rotatable bonds is 4. The summed E-state index contributed by atoms with van der Waals surface area (Å²) < 4.78 is 5.30. The Hall–Kier alpha value is -1.16. The van der Waals surface area contributed by atoms with E-state index in [0.29, 0.717) is 6.54 Å². The largest absolute Gasteiger partial charge is 0.377 e. The van der Waals surface area contributed by atoms with Crippen LogP contribution in [0.15, 0.2) is 6.20 Å². The molecular weight excluding hydrogens is 190 g/mol. The lowest BCUT2D eigenvalue weighted by atomic mass is 10.1. The minimum absolute atomic E-state index is 0.194. The Labute approximate surface area is 91.1 Å². The molecule has 0 spiro atoms. The van der Waals surface area contributed by atoms with Gasteiger partial charge in [-0.2, -0.15) is 0 Å². The van der Waals surface area contributed by atoms with Crippen molar-refractivity contribution in [2.75, 3.05) is 19.0 Å². The molecule has 0 saturated carbocycles. The van der Waals surface area contributed by atoms with E-state index in [-0.39, 0.29) is 5.60 Å². The van der Waals surface area contributed by atoms with Crippen LogP contribution in [0.2, 0.25) is 0 Å². The molecule has 84 valence electrons. The van der Waals surface area contributed by atoms with E-state index < -0.39 is 0 Å². The van der Waals surface area contributed by atoms with E-state index in [0.717, 1.165) is 17.2 Å². The van der Waals surface area contributed by atoms with Crippen LogP contribution in [0.25, 0.3) is 0 Å². The number of methoxy groups -OCH3 is 1. The van der Waals surface area contributed by atoms with Crippen LogP contribution in [0.1, 0.15) is 25.2 Å². The molecule has 1 aromatic heterocycles. The Morgan fingerprint density at radius 1 is 1.33 bits per heavy atom. The van der Waals surface area contributed by atoms with Gasteiger partial charge in [0, 0.05) is 13.7 Å². The highest BCUT2D eigenvalue weighted by molar-refractivity contribution is 5.33. The summed E-state index contributed by atoms with van der Waals surface area (Å²) >= 11 is 0. The Kier molecular flexibility index (Phi) is 3.63. The lowest BCUT2D eigenvalue weighted by molar-refractivity contribution is 0.0343. The van der Waals surface area contributed by atoms with Crippen LogP contribution in [0.4, 0.5) is 5.82 Å². The van der Waals surface area contributed by atoms with Gasteiger partial charge in [0.1, 0.15) is 5.82 Å². The van der Waals surface area contributed by atoms with Gasteiger partial charge in [0.15, 0.2) is 0 Å². The van der Waals surface area contributed by atoms with Gasteiger partial charge in [0.05, 0.1) is 23.2 Å². The average molecular weight is 209 g/mol. The summed E-state index contributed by atoms with van der Waals surface area (Å²) in [5.41, 5.74) is 1.72. The van der Waals surface area contributed by atoms with Crippen molar-refractivity contribution >= 4 is 5.82 Å². The number of hydrogen-bond donors (Lipinski definition) is 1. The van der Waals surface area contributed by atoms with Crippen LogP contribution < -0.4 is 5.32 Å². The second-order valence-corrected chi connectivity index (χ2v) is 4.24. The standard InChI is InChI=1S/C11H19N3O/c1-8-9(2)14-10(6-12-8)13-7-11(3,4)15-5/h6H,7H2,1-5H3,(H,13,14). The molecular formula is C11H19N3O. The molecule has 0 fully saturated rings. The zero-order chi connectivity index (χ0) is 11.5. The van der Waals surface area contributed by atoms with Gasteiger partial charge in [-0.3, -0.25) is 4.98 Å². The van der Waals surface area contributed by atoms with E-state index in [4.69, 9.17) is 4.74 Å². The smallest absolute Gasteiger partial charge is 0.144 e. The maximum absolute atomic E-state index is 5.30. The van der Waals surface area contributed by atoms with Gasteiger partial charge in [0.2, 0.25) is 0 Å². The number of nitrogens with one attached hydrogen (secondary N) is 1. The third-order valence-electron chi connectivity index (χ3n) is 2.44. The van der Waals surface area contributed by atoms with Crippen molar-refractivity contribution < 1.29 is 4.74 Å². The molecule has 0 aliphatic rings. The second-order valence-electron chi connectivity index (χ2n) is 4.24. The van der Waals surface area contributed by atoms with E-state index in [9.17, 15) is 0 Å². The zero-order valence-electron chi connectivity index (χ0n) is 10.1. The highest BCUT2D eigenvalue weighted by Gasteiger charge is 2.15. The molecule has 0 saturated heterocycles. The summed E-state index contributed by atoms with van der Waals surface area (Å²) in [6.45, 7) is 8.66. The van der Waals surface area contributed by atoms with E-state index >= 15 is 0 Å². The summed E-state index contributed by atoms with van der Waals surface area (Å²) in [6, 6.07) is 0. The topological polar surface area (TPSA) is 47.0 Å². The van der Waals surface area contributed by atoms with Gasteiger partial charge < -0.3 is 10.1 Å². The third kappa shape index (κ3) is 3.47. The van der Waals surface area contributed by atoms with Crippen molar-refractivity contribution in [1.82, 2.24) is 9.97 Å². The summed E-state index contributed by atoms with van der Waals surface area (Å²) in [5.74, 6) is 0.795. The predicted molar refractivity (Wildman–Crippen MR) is 61.1 cm³/mol. The Balaban J connectivity index is 2.62. The number of ether oxygens (including phenoxy) is 1. The first-order valence-electron chi connectivity index (χ1n) is 5.04. The van der Waals surface area contributed by atoms with E-state index in [1.54, 1.807) is 13.3 Å². The van der Waals surface area contributed by atoms with Gasteiger partial charge in [-0.05, 0) is 27.7 Å². The van der Waals surface area contributed by atoms with Crippen LogP contribution in [-0.4, -0.2) is 29.2 Å².